The van der Waals surface area contributed by atoms with Crippen molar-refractivity contribution in [2.75, 3.05) is 0 Å². The van der Waals surface area contributed by atoms with Crippen molar-refractivity contribution >= 4 is 12.6 Å². The van der Waals surface area contributed by atoms with E-state index in [4.69, 9.17) is 14.4 Å². The number of aromatic nitrogens is 2. The molecule has 0 saturated carbocycles. The molecule has 1 fully saturated rings. The van der Waals surface area contributed by atoms with Gasteiger partial charge in [0.1, 0.15) is 0 Å². The molecule has 1 aliphatic heterocycles. The molecule has 0 aliphatic carbocycles. The molecule has 0 amide bonds. The van der Waals surface area contributed by atoms with Gasteiger partial charge in [-0.2, -0.15) is 5.10 Å². The van der Waals surface area contributed by atoms with Crippen LogP contribution in [0.15, 0.2) is 36.7 Å². The van der Waals surface area contributed by atoms with Crippen LogP contribution < -0.4 is 5.46 Å². The van der Waals surface area contributed by atoms with Crippen LogP contribution in [0, 0.1) is 0 Å². The molecule has 22 heavy (non-hydrogen) atoms. The van der Waals surface area contributed by atoms with Crippen molar-refractivity contribution in [2.45, 2.75) is 45.5 Å². The Kier molecular flexibility index (Phi) is 3.63. The number of benzene rings is 1. The molecule has 0 spiro atoms. The molecule has 2 aromatic rings. The molecule has 1 aliphatic rings. The number of hydrogen-bond donors (Lipinski definition) is 1. The monoisotopic (exact) mass is 300 g/mol. The van der Waals surface area contributed by atoms with Crippen LogP contribution in [-0.4, -0.2) is 33.2 Å². The van der Waals surface area contributed by atoms with Crippen LogP contribution in [0.1, 0.15) is 33.3 Å². The highest BCUT2D eigenvalue weighted by atomic mass is 16.7. The fraction of sp³-hybridized carbons (Fsp3) is 0.438. The lowest BCUT2D eigenvalue weighted by Gasteiger charge is -2.32. The summed E-state index contributed by atoms with van der Waals surface area (Å²) in [6.45, 7) is 8.17. The predicted octanol–water partition coefficient (Wildman–Crippen LogP) is 1.66. The first-order chi connectivity index (χ1) is 10.3. The molecule has 0 bridgehead atoms. The van der Waals surface area contributed by atoms with Gasteiger partial charge in [-0.05, 0) is 45.4 Å². The Labute approximate surface area is 131 Å². The largest absolute Gasteiger partial charge is 0.498 e. The molecular weight excluding hydrogens is 279 g/mol. The van der Waals surface area contributed by atoms with Gasteiger partial charge in [-0.15, -0.1) is 0 Å². The number of nitrogens with zero attached hydrogens (tertiary/aromatic N) is 2. The predicted molar refractivity (Wildman–Crippen MR) is 85.2 cm³/mol. The average molecular weight is 300 g/mol. The molecule has 0 unspecified atom stereocenters. The van der Waals surface area contributed by atoms with Crippen LogP contribution in [-0.2, 0) is 15.9 Å². The lowest BCUT2D eigenvalue weighted by atomic mass is 9.82. The average Bonchev–Trinajstić information content (AvgIpc) is 3.03. The van der Waals surface area contributed by atoms with E-state index in [1.54, 1.807) is 10.9 Å². The van der Waals surface area contributed by atoms with E-state index in [9.17, 15) is 0 Å². The number of aliphatic hydroxyl groups is 1. The van der Waals surface area contributed by atoms with Crippen LogP contribution in [0.5, 0.6) is 0 Å². The Morgan fingerprint density at radius 1 is 1.09 bits per heavy atom. The maximum Gasteiger partial charge on any atom is 0.498 e. The van der Waals surface area contributed by atoms with Gasteiger partial charge in [0.05, 0.1) is 23.5 Å². The zero-order valence-corrected chi connectivity index (χ0v) is 13.4. The molecule has 116 valence electrons. The van der Waals surface area contributed by atoms with Crippen molar-refractivity contribution in [3.63, 3.8) is 0 Å². The Balaban J connectivity index is 1.82. The molecule has 6 heteroatoms. The van der Waals surface area contributed by atoms with Crippen LogP contribution >= 0.6 is 0 Å². The third-order valence-corrected chi connectivity index (χ3v) is 4.51. The van der Waals surface area contributed by atoms with Crippen molar-refractivity contribution < 1.29 is 14.4 Å². The third kappa shape index (κ3) is 2.58. The Morgan fingerprint density at radius 2 is 1.68 bits per heavy atom. The topological polar surface area (TPSA) is 56.5 Å². The molecule has 1 aromatic heterocycles. The fourth-order valence-corrected chi connectivity index (χ4v) is 2.33. The van der Waals surface area contributed by atoms with Gasteiger partial charge in [-0.3, -0.25) is 0 Å². The number of hydrogen-bond acceptors (Lipinski definition) is 4. The van der Waals surface area contributed by atoms with Crippen molar-refractivity contribution in [1.29, 1.82) is 0 Å². The van der Waals surface area contributed by atoms with Crippen molar-refractivity contribution in [3.05, 3.63) is 42.2 Å². The van der Waals surface area contributed by atoms with Crippen LogP contribution in [0.2, 0.25) is 0 Å². The summed E-state index contributed by atoms with van der Waals surface area (Å²) in [5, 5.41) is 13.5. The highest BCUT2D eigenvalue weighted by Crippen LogP contribution is 2.36. The number of rotatable bonds is 3. The quantitative estimate of drug-likeness (QED) is 0.876. The summed E-state index contributed by atoms with van der Waals surface area (Å²) in [6.07, 6.45) is 3.68. The second kappa shape index (κ2) is 5.23. The van der Waals surface area contributed by atoms with Gasteiger partial charge in [0, 0.05) is 17.9 Å². The zero-order chi connectivity index (χ0) is 16.0. The molecule has 0 radical (unpaired) electrons. The summed E-state index contributed by atoms with van der Waals surface area (Å²) in [7, 11) is -0.407. The highest BCUT2D eigenvalue weighted by molar-refractivity contribution is 6.62. The molecule has 3 rings (SSSR count). The second-order valence-electron chi connectivity index (χ2n) is 6.63. The lowest BCUT2D eigenvalue weighted by Crippen LogP contribution is -2.41. The lowest BCUT2D eigenvalue weighted by molar-refractivity contribution is 0.00578. The SMILES string of the molecule is CC1(C)OB(c2cnn(-c3ccc(CO)cc3)c2)OC1(C)C. The van der Waals surface area contributed by atoms with E-state index in [2.05, 4.69) is 5.10 Å². The van der Waals surface area contributed by atoms with Crippen molar-refractivity contribution in [2.24, 2.45) is 0 Å². The minimum Gasteiger partial charge on any atom is -0.399 e. The number of aliphatic hydroxyl groups excluding tert-OH is 1. The molecule has 5 nitrogen and oxygen atoms in total. The molecule has 2 heterocycles. The first-order valence-electron chi connectivity index (χ1n) is 7.43. The van der Waals surface area contributed by atoms with Crippen molar-refractivity contribution in [1.82, 2.24) is 9.78 Å². The smallest absolute Gasteiger partial charge is 0.399 e. The van der Waals surface area contributed by atoms with Gasteiger partial charge < -0.3 is 14.4 Å². The minimum absolute atomic E-state index is 0.0402. The van der Waals surface area contributed by atoms with Gasteiger partial charge in [0.25, 0.3) is 0 Å². The van der Waals surface area contributed by atoms with E-state index in [0.717, 1.165) is 16.7 Å². The standard InChI is InChI=1S/C16H21BN2O3/c1-15(2)16(3,4)22-17(21-15)13-9-18-19(10-13)14-7-5-12(11-20)6-8-14/h5-10,20H,11H2,1-4H3. The molecule has 1 aromatic carbocycles. The van der Waals surface area contributed by atoms with E-state index >= 15 is 0 Å². The Bertz CT molecular complexity index is 648. The van der Waals surface area contributed by atoms with E-state index in [0.29, 0.717) is 0 Å². The Morgan fingerprint density at radius 3 is 2.23 bits per heavy atom. The minimum atomic E-state index is -0.407. The van der Waals surface area contributed by atoms with Gasteiger partial charge in [0.2, 0.25) is 0 Å². The zero-order valence-electron chi connectivity index (χ0n) is 13.4. The normalized spacial score (nSPS) is 19.6. The second-order valence-corrected chi connectivity index (χ2v) is 6.63. The van der Waals surface area contributed by atoms with Crippen LogP contribution in [0.3, 0.4) is 0 Å². The van der Waals surface area contributed by atoms with E-state index in [-0.39, 0.29) is 17.8 Å². The van der Waals surface area contributed by atoms with Gasteiger partial charge in [-0.1, -0.05) is 12.1 Å². The molecule has 1 saturated heterocycles. The summed E-state index contributed by atoms with van der Waals surface area (Å²) in [5.74, 6) is 0. The van der Waals surface area contributed by atoms with E-state index in [1.807, 2.05) is 58.2 Å². The van der Waals surface area contributed by atoms with E-state index < -0.39 is 7.12 Å². The summed E-state index contributed by atoms with van der Waals surface area (Å²) in [5.41, 5.74) is 1.98. The van der Waals surface area contributed by atoms with Crippen LogP contribution in [0.25, 0.3) is 5.69 Å². The first-order valence-corrected chi connectivity index (χ1v) is 7.43. The third-order valence-electron chi connectivity index (χ3n) is 4.51. The molecule has 1 N–H and O–H groups in total. The maximum atomic E-state index is 9.09. The van der Waals surface area contributed by atoms with Crippen LogP contribution in [0.4, 0.5) is 0 Å². The van der Waals surface area contributed by atoms with Gasteiger partial charge in [0.15, 0.2) is 0 Å². The van der Waals surface area contributed by atoms with E-state index in [1.165, 1.54) is 0 Å². The summed E-state index contributed by atoms with van der Waals surface area (Å²) < 4.78 is 13.8. The van der Waals surface area contributed by atoms with Gasteiger partial charge >= 0.3 is 7.12 Å². The highest BCUT2D eigenvalue weighted by Gasteiger charge is 2.52. The summed E-state index contributed by atoms with van der Waals surface area (Å²) in [6, 6.07) is 7.61. The summed E-state index contributed by atoms with van der Waals surface area (Å²) in [4.78, 5) is 0. The van der Waals surface area contributed by atoms with Crippen molar-refractivity contribution in [3.8, 4) is 5.69 Å². The fourth-order valence-electron chi connectivity index (χ4n) is 2.33. The Hall–Kier alpha value is -1.63. The maximum absolute atomic E-state index is 9.09. The molecular formula is C16H21BN2O3. The first kappa shape index (κ1) is 15.3. The molecule has 0 atom stereocenters. The van der Waals surface area contributed by atoms with Gasteiger partial charge in [-0.25, -0.2) is 4.68 Å². The summed E-state index contributed by atoms with van der Waals surface area (Å²) >= 11 is 0.